The minimum absolute atomic E-state index is 0.0537. The van der Waals surface area contributed by atoms with Crippen LogP contribution in [0.4, 0.5) is 0 Å². The molecule has 0 saturated carbocycles. The van der Waals surface area contributed by atoms with E-state index in [9.17, 15) is 9.59 Å². The van der Waals surface area contributed by atoms with Crippen LogP contribution in [-0.4, -0.2) is 28.7 Å². The molecular weight excluding hydrogens is 346 g/mol. The number of carbonyl (C=O) groups is 2. The smallest absolute Gasteiger partial charge is 0.269 e. The third-order valence-electron chi connectivity index (χ3n) is 3.71. The van der Waals surface area contributed by atoms with Crippen LogP contribution in [0.2, 0.25) is 0 Å². The minimum Gasteiger partial charge on any atom is -0.354 e. The van der Waals surface area contributed by atoms with Crippen LogP contribution in [0.1, 0.15) is 32.0 Å². The molecule has 0 aliphatic carbocycles. The third-order valence-corrected chi connectivity index (χ3v) is 4.79. The van der Waals surface area contributed by atoms with E-state index in [0.29, 0.717) is 27.6 Å². The molecule has 1 amide bonds. The first kappa shape index (κ1) is 17.8. The van der Waals surface area contributed by atoms with E-state index >= 15 is 0 Å². The van der Waals surface area contributed by atoms with Gasteiger partial charge in [0.05, 0.1) is 5.56 Å². The van der Waals surface area contributed by atoms with Gasteiger partial charge < -0.3 is 5.32 Å². The number of amides is 1. The van der Waals surface area contributed by atoms with E-state index < -0.39 is 0 Å². The van der Waals surface area contributed by atoms with Crippen molar-refractivity contribution >= 4 is 23.5 Å². The zero-order chi connectivity index (χ0) is 18.4. The maximum Gasteiger partial charge on any atom is 0.269 e. The van der Waals surface area contributed by atoms with E-state index in [2.05, 4.69) is 15.3 Å². The Hall–Kier alpha value is -2.99. The van der Waals surface area contributed by atoms with Crippen molar-refractivity contribution in [2.24, 2.45) is 0 Å². The number of hydrogen-bond acceptors (Lipinski definition) is 5. The van der Waals surface area contributed by atoms with Crippen molar-refractivity contribution < 1.29 is 9.59 Å². The van der Waals surface area contributed by atoms with Gasteiger partial charge in [0.25, 0.3) is 5.91 Å². The average molecular weight is 363 g/mol. The number of pyridine rings is 2. The number of thioether (sulfide) groups is 1. The van der Waals surface area contributed by atoms with Crippen molar-refractivity contribution in [1.82, 2.24) is 15.3 Å². The Bertz CT molecular complexity index is 929. The van der Waals surface area contributed by atoms with Gasteiger partial charge in [-0.1, -0.05) is 30.3 Å². The van der Waals surface area contributed by atoms with E-state index in [1.54, 1.807) is 49.8 Å². The summed E-state index contributed by atoms with van der Waals surface area (Å²) < 4.78 is 0. The van der Waals surface area contributed by atoms with Crippen molar-refractivity contribution in [3.8, 4) is 0 Å². The molecule has 0 aliphatic rings. The van der Waals surface area contributed by atoms with Gasteiger partial charge in [-0.2, -0.15) is 0 Å². The number of rotatable bonds is 6. The third kappa shape index (κ3) is 4.15. The fraction of sp³-hybridized carbons (Fsp3) is 0.100. The first-order chi connectivity index (χ1) is 12.7. The molecule has 5 nitrogen and oxygen atoms in total. The number of carbonyl (C=O) groups excluding carboxylic acids is 2. The molecule has 0 radical (unpaired) electrons. The molecular formula is C20H17N3O2S. The molecule has 0 unspecified atom stereocenters. The van der Waals surface area contributed by atoms with Gasteiger partial charge in [0.2, 0.25) is 0 Å². The molecule has 0 saturated heterocycles. The average Bonchev–Trinajstić information content (AvgIpc) is 2.72. The second kappa shape index (κ2) is 8.40. The number of ketones is 1. The maximum absolute atomic E-state index is 12.7. The molecule has 0 bridgehead atoms. The Kier molecular flexibility index (Phi) is 5.76. The van der Waals surface area contributed by atoms with Crippen LogP contribution in [0.3, 0.4) is 0 Å². The van der Waals surface area contributed by atoms with Crippen LogP contribution >= 0.6 is 11.8 Å². The number of nitrogens with zero attached hydrogens (tertiary/aromatic N) is 2. The Morgan fingerprint density at radius 1 is 1.00 bits per heavy atom. The molecule has 0 spiro atoms. The second-order valence-electron chi connectivity index (χ2n) is 5.47. The van der Waals surface area contributed by atoms with Crippen LogP contribution < -0.4 is 5.32 Å². The van der Waals surface area contributed by atoms with Gasteiger partial charge >= 0.3 is 0 Å². The normalized spacial score (nSPS) is 10.3. The van der Waals surface area contributed by atoms with E-state index in [0.717, 1.165) is 5.56 Å². The van der Waals surface area contributed by atoms with Gasteiger partial charge in [-0.3, -0.25) is 14.6 Å². The Morgan fingerprint density at radius 2 is 1.81 bits per heavy atom. The summed E-state index contributed by atoms with van der Waals surface area (Å²) in [5, 5.41) is 3.23. The van der Waals surface area contributed by atoms with Crippen molar-refractivity contribution in [2.45, 2.75) is 10.8 Å². The number of benzene rings is 1. The first-order valence-electron chi connectivity index (χ1n) is 8.03. The maximum atomic E-state index is 12.7. The zero-order valence-corrected chi connectivity index (χ0v) is 15.0. The molecule has 26 heavy (non-hydrogen) atoms. The Labute approximate surface area is 155 Å². The summed E-state index contributed by atoms with van der Waals surface area (Å²) in [6.07, 6.45) is 3.28. The minimum atomic E-state index is -0.227. The highest BCUT2D eigenvalue weighted by molar-refractivity contribution is 7.98. The Morgan fingerprint density at radius 3 is 2.58 bits per heavy atom. The van der Waals surface area contributed by atoms with Crippen molar-refractivity contribution in [1.29, 1.82) is 0 Å². The molecule has 3 aromatic rings. The Balaban J connectivity index is 1.79. The first-order valence-corrected chi connectivity index (χ1v) is 9.02. The summed E-state index contributed by atoms with van der Waals surface area (Å²) in [7, 11) is 1.57. The molecule has 2 heterocycles. The quantitative estimate of drug-likeness (QED) is 0.537. The van der Waals surface area contributed by atoms with Crippen molar-refractivity contribution in [2.75, 3.05) is 7.05 Å². The van der Waals surface area contributed by atoms with Gasteiger partial charge in [0.1, 0.15) is 10.7 Å². The molecule has 2 aromatic heterocycles. The predicted octanol–water partition coefficient (Wildman–Crippen LogP) is 3.36. The standard InChI is InChI=1S/C20H17N3O2S/c1-21-19(25)17-12-14(9-11-22-17)13-26-20-16(8-5-10-23-20)18(24)15-6-3-2-4-7-15/h2-12H,13H2,1H3,(H,21,25). The lowest BCUT2D eigenvalue weighted by atomic mass is 10.1. The summed E-state index contributed by atoms with van der Waals surface area (Å²) in [5.41, 5.74) is 2.51. The second-order valence-corrected chi connectivity index (χ2v) is 6.43. The van der Waals surface area contributed by atoms with Crippen molar-refractivity contribution in [3.05, 3.63) is 89.4 Å². The van der Waals surface area contributed by atoms with Crippen LogP contribution in [0.5, 0.6) is 0 Å². The summed E-state index contributed by atoms with van der Waals surface area (Å²) in [6, 6.07) is 16.3. The molecule has 130 valence electrons. The summed E-state index contributed by atoms with van der Waals surface area (Å²) in [5.74, 6) is 0.301. The highest BCUT2D eigenvalue weighted by Gasteiger charge is 2.15. The summed E-state index contributed by atoms with van der Waals surface area (Å²) in [6.45, 7) is 0. The zero-order valence-electron chi connectivity index (χ0n) is 14.2. The van der Waals surface area contributed by atoms with Gasteiger partial charge in [-0.25, -0.2) is 4.98 Å². The van der Waals surface area contributed by atoms with Gasteiger partial charge in [-0.05, 0) is 29.8 Å². The lowest BCUT2D eigenvalue weighted by Gasteiger charge is -2.08. The lowest BCUT2D eigenvalue weighted by Crippen LogP contribution is -2.19. The molecule has 1 N–H and O–H groups in total. The molecule has 0 fully saturated rings. The molecule has 0 aliphatic heterocycles. The van der Waals surface area contributed by atoms with Crippen molar-refractivity contribution in [3.63, 3.8) is 0 Å². The summed E-state index contributed by atoms with van der Waals surface area (Å²) >= 11 is 1.46. The molecule has 1 aromatic carbocycles. The van der Waals surface area contributed by atoms with Crippen LogP contribution in [-0.2, 0) is 5.75 Å². The van der Waals surface area contributed by atoms with Gasteiger partial charge in [0.15, 0.2) is 5.78 Å². The van der Waals surface area contributed by atoms with Gasteiger partial charge in [-0.15, -0.1) is 11.8 Å². The fourth-order valence-electron chi connectivity index (χ4n) is 2.39. The number of aromatic nitrogens is 2. The monoisotopic (exact) mass is 363 g/mol. The predicted molar refractivity (Wildman–Crippen MR) is 101 cm³/mol. The SMILES string of the molecule is CNC(=O)c1cc(CSc2ncccc2C(=O)c2ccccc2)ccn1. The molecule has 3 rings (SSSR count). The van der Waals surface area contributed by atoms with Gasteiger partial charge in [0, 0.05) is 30.8 Å². The molecule has 0 atom stereocenters. The van der Waals surface area contributed by atoms with Crippen LogP contribution in [0, 0.1) is 0 Å². The van der Waals surface area contributed by atoms with E-state index in [-0.39, 0.29) is 11.7 Å². The van der Waals surface area contributed by atoms with E-state index in [4.69, 9.17) is 0 Å². The van der Waals surface area contributed by atoms with E-state index in [1.807, 2.05) is 24.3 Å². The lowest BCUT2D eigenvalue weighted by molar-refractivity contribution is 0.0957. The number of hydrogen-bond donors (Lipinski definition) is 1. The number of nitrogens with one attached hydrogen (secondary N) is 1. The molecule has 6 heteroatoms. The van der Waals surface area contributed by atoms with Crippen LogP contribution in [0.15, 0.2) is 72.0 Å². The van der Waals surface area contributed by atoms with Crippen LogP contribution in [0.25, 0.3) is 0 Å². The highest BCUT2D eigenvalue weighted by Crippen LogP contribution is 2.26. The largest absolute Gasteiger partial charge is 0.354 e. The highest BCUT2D eigenvalue weighted by atomic mass is 32.2. The summed E-state index contributed by atoms with van der Waals surface area (Å²) in [4.78, 5) is 32.9. The fourth-order valence-corrected chi connectivity index (χ4v) is 3.33. The topological polar surface area (TPSA) is 72.0 Å². The van der Waals surface area contributed by atoms with E-state index in [1.165, 1.54) is 11.8 Å².